The second-order valence-electron chi connectivity index (χ2n) is 8.03. The maximum Gasteiger partial charge on any atom is 0.333 e. The van der Waals surface area contributed by atoms with E-state index in [9.17, 15) is 14.4 Å². The van der Waals surface area contributed by atoms with Crippen molar-refractivity contribution in [3.8, 4) is 0 Å². The highest BCUT2D eigenvalue weighted by atomic mass is 35.5. The summed E-state index contributed by atoms with van der Waals surface area (Å²) >= 11 is 7.36. The van der Waals surface area contributed by atoms with Gasteiger partial charge in [-0.15, -0.1) is 0 Å². The number of aryl methyl sites for hydroxylation is 1. The summed E-state index contributed by atoms with van der Waals surface area (Å²) in [4.78, 5) is 45.9. The van der Waals surface area contributed by atoms with Gasteiger partial charge in [-0.25, -0.2) is 9.78 Å². The normalized spacial score (nSPS) is 14.2. The first-order valence-electron chi connectivity index (χ1n) is 10.8. The molecule has 32 heavy (non-hydrogen) atoms. The predicted molar refractivity (Wildman–Crippen MR) is 129 cm³/mol. The summed E-state index contributed by atoms with van der Waals surface area (Å²) in [6.45, 7) is 5.57. The highest BCUT2D eigenvalue weighted by Crippen LogP contribution is 2.28. The van der Waals surface area contributed by atoms with Crippen LogP contribution in [0.5, 0.6) is 0 Å². The van der Waals surface area contributed by atoms with Crippen LogP contribution in [0.15, 0.2) is 27.8 Å². The van der Waals surface area contributed by atoms with Gasteiger partial charge in [-0.2, -0.15) is 0 Å². The van der Waals surface area contributed by atoms with Crippen molar-refractivity contribution in [1.29, 1.82) is 0 Å². The zero-order valence-electron chi connectivity index (χ0n) is 18.2. The molecule has 1 saturated heterocycles. The molecule has 170 valence electrons. The Bertz CT molecular complexity index is 1270. The van der Waals surface area contributed by atoms with E-state index < -0.39 is 5.69 Å². The Morgan fingerprint density at radius 2 is 1.94 bits per heavy atom. The molecule has 1 aromatic carbocycles. The SMILES string of the molecule is CCCn1c(=O)c2sc(N3CCCCC3)nc2n(CC(=O)Nc2cc(Cl)ccc2C)c1=O. The van der Waals surface area contributed by atoms with Crippen LogP contribution in [-0.2, 0) is 17.9 Å². The van der Waals surface area contributed by atoms with E-state index in [1.165, 1.54) is 26.9 Å². The molecule has 1 aliphatic heterocycles. The van der Waals surface area contributed by atoms with Gasteiger partial charge in [0.25, 0.3) is 5.56 Å². The maximum absolute atomic E-state index is 13.2. The monoisotopic (exact) mass is 475 g/mol. The molecule has 4 rings (SSSR count). The number of hydrogen-bond donors (Lipinski definition) is 1. The van der Waals surface area contributed by atoms with Crippen LogP contribution in [0, 0.1) is 6.92 Å². The van der Waals surface area contributed by atoms with Crippen LogP contribution >= 0.6 is 22.9 Å². The lowest BCUT2D eigenvalue weighted by Crippen LogP contribution is -2.41. The molecule has 3 aromatic rings. The molecule has 0 saturated carbocycles. The van der Waals surface area contributed by atoms with Gasteiger partial charge in [-0.3, -0.25) is 18.7 Å². The van der Waals surface area contributed by atoms with Crippen molar-refractivity contribution in [2.45, 2.75) is 52.6 Å². The van der Waals surface area contributed by atoms with Gasteiger partial charge in [0, 0.05) is 30.3 Å². The van der Waals surface area contributed by atoms with Crippen molar-refractivity contribution in [3.63, 3.8) is 0 Å². The van der Waals surface area contributed by atoms with Crippen LogP contribution in [-0.4, -0.2) is 33.1 Å². The summed E-state index contributed by atoms with van der Waals surface area (Å²) < 4.78 is 2.93. The summed E-state index contributed by atoms with van der Waals surface area (Å²) in [6, 6.07) is 5.23. The molecule has 0 atom stereocenters. The Hall–Kier alpha value is -2.65. The number of rotatable bonds is 6. The first-order chi connectivity index (χ1) is 15.4. The number of thiazole rings is 1. The van der Waals surface area contributed by atoms with Crippen LogP contribution in [0.3, 0.4) is 0 Å². The number of anilines is 2. The fourth-order valence-electron chi connectivity index (χ4n) is 3.92. The largest absolute Gasteiger partial charge is 0.348 e. The highest BCUT2D eigenvalue weighted by Gasteiger charge is 2.22. The number of amides is 1. The van der Waals surface area contributed by atoms with E-state index in [1.807, 2.05) is 19.9 Å². The minimum atomic E-state index is -0.516. The van der Waals surface area contributed by atoms with Crippen molar-refractivity contribution >= 4 is 50.0 Å². The lowest BCUT2D eigenvalue weighted by molar-refractivity contribution is -0.116. The molecule has 0 bridgehead atoms. The minimum absolute atomic E-state index is 0.242. The van der Waals surface area contributed by atoms with E-state index in [0.717, 1.165) is 36.6 Å². The van der Waals surface area contributed by atoms with E-state index >= 15 is 0 Å². The zero-order valence-corrected chi connectivity index (χ0v) is 19.8. The summed E-state index contributed by atoms with van der Waals surface area (Å²) in [7, 11) is 0. The fourth-order valence-corrected chi connectivity index (χ4v) is 5.16. The lowest BCUT2D eigenvalue weighted by atomic mass is 10.1. The summed E-state index contributed by atoms with van der Waals surface area (Å²) in [5.74, 6) is -0.381. The van der Waals surface area contributed by atoms with Gasteiger partial charge < -0.3 is 10.2 Å². The molecular weight excluding hydrogens is 450 g/mol. The Kier molecular flexibility index (Phi) is 6.66. The predicted octanol–water partition coefficient (Wildman–Crippen LogP) is 3.62. The second-order valence-corrected chi connectivity index (χ2v) is 9.44. The fraction of sp³-hybridized carbons (Fsp3) is 0.455. The van der Waals surface area contributed by atoms with E-state index in [-0.39, 0.29) is 23.7 Å². The maximum atomic E-state index is 13.2. The molecular formula is C22H26ClN5O3S. The number of hydrogen-bond acceptors (Lipinski definition) is 6. The first kappa shape index (κ1) is 22.5. The summed E-state index contributed by atoms with van der Waals surface area (Å²) in [5.41, 5.74) is 0.863. The highest BCUT2D eigenvalue weighted by molar-refractivity contribution is 7.22. The number of carbonyl (C=O) groups excluding carboxylic acids is 1. The van der Waals surface area contributed by atoms with Gasteiger partial charge in [0.05, 0.1) is 0 Å². The van der Waals surface area contributed by atoms with E-state index in [0.29, 0.717) is 28.4 Å². The Balaban J connectivity index is 1.75. The number of nitrogens with zero attached hydrogens (tertiary/aromatic N) is 4. The molecule has 1 fully saturated rings. The molecule has 0 spiro atoms. The quantitative estimate of drug-likeness (QED) is 0.588. The number of halogens is 1. The number of aromatic nitrogens is 3. The van der Waals surface area contributed by atoms with Gasteiger partial charge in [0.2, 0.25) is 5.91 Å². The van der Waals surface area contributed by atoms with Crippen LogP contribution in [0.1, 0.15) is 38.2 Å². The number of piperidine rings is 1. The molecule has 3 heterocycles. The lowest BCUT2D eigenvalue weighted by Gasteiger charge is -2.25. The van der Waals surface area contributed by atoms with Gasteiger partial charge in [0.1, 0.15) is 11.2 Å². The molecule has 0 unspecified atom stereocenters. The van der Waals surface area contributed by atoms with Crippen molar-refractivity contribution in [3.05, 3.63) is 49.6 Å². The smallest absolute Gasteiger partial charge is 0.333 e. The third kappa shape index (κ3) is 4.45. The number of benzene rings is 1. The summed E-state index contributed by atoms with van der Waals surface area (Å²) in [5, 5.41) is 4.06. The molecule has 0 radical (unpaired) electrons. The van der Waals surface area contributed by atoms with E-state index in [4.69, 9.17) is 11.6 Å². The Morgan fingerprint density at radius 1 is 1.19 bits per heavy atom. The van der Waals surface area contributed by atoms with Gasteiger partial charge >= 0.3 is 5.69 Å². The third-order valence-corrected chi connectivity index (χ3v) is 6.93. The standard InChI is InChI=1S/C22H26ClN5O3S/c1-3-9-27-20(30)18-19(25-21(32-18)26-10-5-4-6-11-26)28(22(27)31)13-17(29)24-16-12-15(23)8-7-14(16)2/h7-8,12H,3-6,9-11,13H2,1-2H3,(H,24,29). The molecule has 8 nitrogen and oxygen atoms in total. The second kappa shape index (κ2) is 9.46. The van der Waals surface area contributed by atoms with Crippen LogP contribution in [0.4, 0.5) is 10.8 Å². The van der Waals surface area contributed by atoms with Gasteiger partial charge in [-0.1, -0.05) is 35.9 Å². The molecule has 1 N–H and O–H groups in total. The third-order valence-electron chi connectivity index (χ3n) is 5.60. The number of carbonyl (C=O) groups is 1. The average molecular weight is 476 g/mol. The van der Waals surface area contributed by atoms with Crippen LogP contribution in [0.25, 0.3) is 10.3 Å². The van der Waals surface area contributed by atoms with Crippen molar-refractivity contribution < 1.29 is 4.79 Å². The Labute approximate surface area is 194 Å². The van der Waals surface area contributed by atoms with E-state index in [2.05, 4.69) is 15.2 Å². The van der Waals surface area contributed by atoms with Crippen molar-refractivity contribution in [1.82, 2.24) is 14.1 Å². The molecule has 1 aliphatic rings. The molecule has 10 heteroatoms. The van der Waals surface area contributed by atoms with Crippen molar-refractivity contribution in [2.75, 3.05) is 23.3 Å². The van der Waals surface area contributed by atoms with Crippen molar-refractivity contribution in [2.24, 2.45) is 0 Å². The Morgan fingerprint density at radius 3 is 2.66 bits per heavy atom. The van der Waals surface area contributed by atoms with Gasteiger partial charge in [0.15, 0.2) is 10.8 Å². The van der Waals surface area contributed by atoms with Gasteiger partial charge in [-0.05, 0) is 50.3 Å². The molecule has 0 aliphatic carbocycles. The topological polar surface area (TPSA) is 89.2 Å². The molecule has 2 aromatic heterocycles. The average Bonchev–Trinajstić information content (AvgIpc) is 3.23. The first-order valence-corrected chi connectivity index (χ1v) is 12.0. The number of nitrogens with one attached hydrogen (secondary N) is 1. The molecule has 1 amide bonds. The van der Waals surface area contributed by atoms with Crippen LogP contribution in [0.2, 0.25) is 5.02 Å². The number of fused-ring (bicyclic) bond motifs is 1. The zero-order chi connectivity index (χ0) is 22.8. The van der Waals surface area contributed by atoms with Crippen LogP contribution < -0.4 is 21.5 Å². The summed E-state index contributed by atoms with van der Waals surface area (Å²) in [6.07, 6.45) is 3.96. The minimum Gasteiger partial charge on any atom is -0.348 e. The van der Waals surface area contributed by atoms with E-state index in [1.54, 1.807) is 12.1 Å².